The Hall–Kier alpha value is -2.24. The highest BCUT2D eigenvalue weighted by molar-refractivity contribution is 5.89. The monoisotopic (exact) mass is 293 g/mol. The van der Waals surface area contributed by atoms with Crippen molar-refractivity contribution >= 4 is 11.9 Å². The third kappa shape index (κ3) is 4.11. The van der Waals surface area contributed by atoms with Crippen molar-refractivity contribution in [2.24, 2.45) is 11.8 Å². The van der Waals surface area contributed by atoms with E-state index in [0.29, 0.717) is 24.5 Å². The lowest BCUT2D eigenvalue weighted by Gasteiger charge is -2.16. The van der Waals surface area contributed by atoms with Crippen LogP contribution in [0.3, 0.4) is 0 Å². The zero-order valence-corrected chi connectivity index (χ0v) is 12.0. The fourth-order valence-corrected chi connectivity index (χ4v) is 2.08. The van der Waals surface area contributed by atoms with E-state index in [4.69, 9.17) is 14.6 Å². The van der Waals surface area contributed by atoms with Crippen LogP contribution in [0.4, 0.5) is 0 Å². The Morgan fingerprint density at radius 1 is 1.38 bits per heavy atom. The highest BCUT2D eigenvalue weighted by Crippen LogP contribution is 2.38. The average molecular weight is 293 g/mol. The molecule has 1 saturated carbocycles. The predicted molar refractivity (Wildman–Crippen MR) is 75.3 cm³/mol. The molecule has 0 heterocycles. The molecule has 0 aliphatic heterocycles. The molecule has 1 aliphatic rings. The van der Waals surface area contributed by atoms with Crippen molar-refractivity contribution in [2.75, 3.05) is 13.7 Å². The maximum absolute atomic E-state index is 11.7. The van der Waals surface area contributed by atoms with E-state index in [9.17, 15) is 9.59 Å². The number of carboxylic acid groups (broad SMARTS) is 1. The summed E-state index contributed by atoms with van der Waals surface area (Å²) in [7, 11) is 1.58. The first-order chi connectivity index (χ1) is 10.0. The molecule has 0 spiro atoms. The van der Waals surface area contributed by atoms with Gasteiger partial charge in [-0.05, 0) is 25.5 Å². The van der Waals surface area contributed by atoms with Crippen molar-refractivity contribution in [1.82, 2.24) is 5.32 Å². The first-order valence-corrected chi connectivity index (χ1v) is 6.82. The third-order valence-corrected chi connectivity index (χ3v) is 3.39. The van der Waals surface area contributed by atoms with Crippen LogP contribution in [0.1, 0.15) is 13.3 Å². The molecule has 0 unspecified atom stereocenters. The standard InChI is InChI=1S/C15H19NO5/c1-9(21-11-5-3-4-10(6-11)20-2)8-16-14(17)12-7-13(12)15(18)19/h3-6,9,12-13H,7-8H2,1-2H3,(H,16,17)(H,18,19)/t9-,12+,13-/m1/s1. The molecule has 6 heteroatoms. The quantitative estimate of drug-likeness (QED) is 0.791. The van der Waals surface area contributed by atoms with E-state index in [0.717, 1.165) is 0 Å². The van der Waals surface area contributed by atoms with E-state index in [1.807, 2.05) is 25.1 Å². The van der Waals surface area contributed by atoms with Crippen molar-refractivity contribution in [1.29, 1.82) is 0 Å². The van der Waals surface area contributed by atoms with Gasteiger partial charge in [0.05, 0.1) is 25.5 Å². The van der Waals surface area contributed by atoms with Crippen LogP contribution in [0.5, 0.6) is 11.5 Å². The Kier molecular flexibility index (Phi) is 4.67. The lowest BCUT2D eigenvalue weighted by Crippen LogP contribution is -2.35. The van der Waals surface area contributed by atoms with E-state index in [1.165, 1.54) is 0 Å². The summed E-state index contributed by atoms with van der Waals surface area (Å²) in [6.45, 7) is 2.17. The summed E-state index contributed by atoms with van der Waals surface area (Å²) in [5, 5.41) is 11.5. The minimum atomic E-state index is -0.907. The minimum Gasteiger partial charge on any atom is -0.497 e. The Morgan fingerprint density at radius 2 is 2.10 bits per heavy atom. The Balaban J connectivity index is 1.76. The maximum Gasteiger partial charge on any atom is 0.307 e. The number of ether oxygens (including phenoxy) is 2. The first-order valence-electron chi connectivity index (χ1n) is 6.82. The Bertz CT molecular complexity index is 531. The van der Waals surface area contributed by atoms with E-state index < -0.39 is 17.8 Å². The van der Waals surface area contributed by atoms with E-state index in [1.54, 1.807) is 13.2 Å². The molecule has 1 aromatic rings. The summed E-state index contributed by atoms with van der Waals surface area (Å²) < 4.78 is 10.8. The van der Waals surface area contributed by atoms with E-state index in [2.05, 4.69) is 5.32 Å². The number of rotatable bonds is 7. The van der Waals surface area contributed by atoms with Crippen molar-refractivity contribution in [2.45, 2.75) is 19.4 Å². The van der Waals surface area contributed by atoms with Gasteiger partial charge in [0.1, 0.15) is 17.6 Å². The molecule has 21 heavy (non-hydrogen) atoms. The summed E-state index contributed by atoms with van der Waals surface area (Å²) in [5.41, 5.74) is 0. The van der Waals surface area contributed by atoms with Crippen molar-refractivity contribution < 1.29 is 24.2 Å². The van der Waals surface area contributed by atoms with Crippen LogP contribution in [0, 0.1) is 11.8 Å². The molecule has 2 rings (SSSR count). The SMILES string of the molecule is COc1cccc(O[C@H](C)CNC(=O)[C@H]2C[C@H]2C(=O)O)c1. The second kappa shape index (κ2) is 6.47. The molecular weight excluding hydrogens is 274 g/mol. The van der Waals surface area contributed by atoms with Crippen LogP contribution in [0.25, 0.3) is 0 Å². The molecule has 0 aromatic heterocycles. The second-order valence-electron chi connectivity index (χ2n) is 5.14. The van der Waals surface area contributed by atoms with Crippen LogP contribution in [-0.4, -0.2) is 36.7 Å². The molecule has 2 N–H and O–H groups in total. The summed E-state index contributed by atoms with van der Waals surface area (Å²) in [6, 6.07) is 7.21. The summed E-state index contributed by atoms with van der Waals surface area (Å²) in [5.74, 6) is -0.692. The molecule has 0 saturated heterocycles. The highest BCUT2D eigenvalue weighted by atomic mass is 16.5. The van der Waals surface area contributed by atoms with Crippen LogP contribution < -0.4 is 14.8 Å². The van der Waals surface area contributed by atoms with Crippen LogP contribution >= 0.6 is 0 Å². The number of hydrogen-bond donors (Lipinski definition) is 2. The predicted octanol–water partition coefficient (Wildman–Crippen LogP) is 1.30. The topological polar surface area (TPSA) is 84.9 Å². The van der Waals surface area contributed by atoms with Gasteiger partial charge in [-0.1, -0.05) is 6.07 Å². The molecule has 0 bridgehead atoms. The van der Waals surface area contributed by atoms with Gasteiger partial charge in [-0.2, -0.15) is 0 Å². The van der Waals surface area contributed by atoms with E-state index in [-0.39, 0.29) is 12.0 Å². The number of aliphatic carboxylic acids is 1. The fraction of sp³-hybridized carbons (Fsp3) is 0.467. The highest BCUT2D eigenvalue weighted by Gasteiger charge is 2.48. The van der Waals surface area contributed by atoms with Crippen LogP contribution in [0.2, 0.25) is 0 Å². The molecule has 114 valence electrons. The fourth-order valence-electron chi connectivity index (χ4n) is 2.08. The van der Waals surface area contributed by atoms with Gasteiger partial charge in [-0.25, -0.2) is 0 Å². The van der Waals surface area contributed by atoms with Gasteiger partial charge < -0.3 is 19.9 Å². The molecule has 0 radical (unpaired) electrons. The van der Waals surface area contributed by atoms with Gasteiger partial charge in [0.25, 0.3) is 0 Å². The number of hydrogen-bond acceptors (Lipinski definition) is 4. The molecular formula is C15H19NO5. The summed E-state index contributed by atoms with van der Waals surface area (Å²) in [6.07, 6.45) is 0.204. The zero-order valence-electron chi connectivity index (χ0n) is 12.0. The molecule has 1 amide bonds. The maximum atomic E-state index is 11.7. The van der Waals surface area contributed by atoms with Gasteiger partial charge in [-0.3, -0.25) is 9.59 Å². The number of carbonyl (C=O) groups excluding carboxylic acids is 1. The number of amides is 1. The Labute approximate surface area is 123 Å². The largest absolute Gasteiger partial charge is 0.497 e. The lowest BCUT2D eigenvalue weighted by atomic mass is 10.3. The Morgan fingerprint density at radius 3 is 2.71 bits per heavy atom. The van der Waals surface area contributed by atoms with Crippen LogP contribution in [-0.2, 0) is 9.59 Å². The van der Waals surface area contributed by atoms with Gasteiger partial charge in [-0.15, -0.1) is 0 Å². The molecule has 1 aliphatic carbocycles. The molecule has 6 nitrogen and oxygen atoms in total. The number of benzene rings is 1. The number of nitrogens with one attached hydrogen (secondary N) is 1. The smallest absolute Gasteiger partial charge is 0.307 e. The molecule has 1 aromatic carbocycles. The summed E-state index contributed by atoms with van der Waals surface area (Å²) in [4.78, 5) is 22.4. The van der Waals surface area contributed by atoms with Gasteiger partial charge in [0, 0.05) is 6.07 Å². The second-order valence-corrected chi connectivity index (χ2v) is 5.14. The van der Waals surface area contributed by atoms with Gasteiger partial charge in [0.2, 0.25) is 5.91 Å². The lowest BCUT2D eigenvalue weighted by molar-refractivity contribution is -0.140. The van der Waals surface area contributed by atoms with Crippen molar-refractivity contribution in [3.05, 3.63) is 24.3 Å². The van der Waals surface area contributed by atoms with Gasteiger partial charge in [0.15, 0.2) is 0 Å². The third-order valence-electron chi connectivity index (χ3n) is 3.39. The number of methoxy groups -OCH3 is 1. The molecule has 3 atom stereocenters. The number of carboxylic acids is 1. The minimum absolute atomic E-state index is 0.219. The first kappa shape index (κ1) is 15.2. The van der Waals surface area contributed by atoms with Crippen molar-refractivity contribution in [3.8, 4) is 11.5 Å². The van der Waals surface area contributed by atoms with Crippen molar-refractivity contribution in [3.63, 3.8) is 0 Å². The number of carbonyl (C=O) groups is 2. The summed E-state index contributed by atoms with van der Waals surface area (Å²) >= 11 is 0. The molecule has 1 fully saturated rings. The normalized spacial score (nSPS) is 21.2. The van der Waals surface area contributed by atoms with Crippen LogP contribution in [0.15, 0.2) is 24.3 Å². The zero-order chi connectivity index (χ0) is 15.4. The average Bonchev–Trinajstić information content (AvgIpc) is 3.25. The van der Waals surface area contributed by atoms with Gasteiger partial charge >= 0.3 is 5.97 Å². The van der Waals surface area contributed by atoms with E-state index >= 15 is 0 Å².